The third kappa shape index (κ3) is 4.63. The lowest BCUT2D eigenvalue weighted by molar-refractivity contribution is -0.119. The first-order valence-electron chi connectivity index (χ1n) is 8.00. The van der Waals surface area contributed by atoms with Crippen LogP contribution in [0.25, 0.3) is 0 Å². The van der Waals surface area contributed by atoms with Crippen molar-refractivity contribution in [2.75, 3.05) is 11.9 Å². The molecule has 0 aliphatic carbocycles. The lowest BCUT2D eigenvalue weighted by atomic mass is 10.2. The molecule has 7 nitrogen and oxygen atoms in total. The molecule has 0 saturated carbocycles. The van der Waals surface area contributed by atoms with E-state index in [1.165, 1.54) is 22.9 Å². The summed E-state index contributed by atoms with van der Waals surface area (Å²) < 4.78 is 7.12. The molecule has 0 bridgehead atoms. The maximum Gasteiger partial charge on any atom is 0.249 e. The van der Waals surface area contributed by atoms with E-state index in [1.54, 1.807) is 25.3 Å². The fourth-order valence-electron chi connectivity index (χ4n) is 2.24. The second-order valence-corrected chi connectivity index (χ2v) is 5.51. The highest BCUT2D eigenvalue weighted by molar-refractivity contribution is 5.93. The van der Waals surface area contributed by atoms with E-state index in [2.05, 4.69) is 32.5 Å². The lowest BCUT2D eigenvalue weighted by Crippen LogP contribution is -2.24. The van der Waals surface area contributed by atoms with E-state index in [-0.39, 0.29) is 5.91 Å². The fourth-order valence-corrected chi connectivity index (χ4v) is 2.24. The first kappa shape index (κ1) is 16.6. The molecule has 0 aliphatic rings. The van der Waals surface area contributed by atoms with Crippen LogP contribution >= 0.6 is 0 Å². The number of hydrogen-bond donors (Lipinski definition) is 1. The van der Waals surface area contributed by atoms with Crippen molar-refractivity contribution in [1.29, 1.82) is 0 Å². The number of ether oxygens (including phenoxy) is 1. The summed E-state index contributed by atoms with van der Waals surface area (Å²) in [6.45, 7) is 2.30. The van der Waals surface area contributed by atoms with Gasteiger partial charge in [0.2, 0.25) is 11.8 Å². The monoisotopic (exact) mass is 337 g/mol. The average Bonchev–Trinajstić information content (AvgIpc) is 3.18. The van der Waals surface area contributed by atoms with E-state index in [0.717, 1.165) is 6.42 Å². The number of nitrogens with zero attached hydrogens (tertiary/aromatic N) is 4. The van der Waals surface area contributed by atoms with Gasteiger partial charge in [-0.25, -0.2) is 14.6 Å². The predicted molar refractivity (Wildman–Crippen MR) is 93.2 cm³/mol. The highest BCUT2D eigenvalue weighted by Gasteiger charge is 2.15. The van der Waals surface area contributed by atoms with Crippen molar-refractivity contribution in [3.8, 4) is 5.88 Å². The average molecular weight is 337 g/mol. The molecule has 0 spiro atoms. The minimum absolute atomic E-state index is 0.190. The summed E-state index contributed by atoms with van der Waals surface area (Å²) in [4.78, 5) is 20.2. The zero-order valence-corrected chi connectivity index (χ0v) is 13.9. The first-order valence-corrected chi connectivity index (χ1v) is 8.00. The summed E-state index contributed by atoms with van der Waals surface area (Å²) >= 11 is 0. The van der Waals surface area contributed by atoms with Gasteiger partial charge in [-0.15, -0.1) is 0 Å². The van der Waals surface area contributed by atoms with Gasteiger partial charge in [-0.05, 0) is 18.6 Å². The lowest BCUT2D eigenvalue weighted by Gasteiger charge is -2.12. The molecule has 0 radical (unpaired) electrons. The number of carbonyl (C=O) groups is 1. The molecule has 2 heterocycles. The molecule has 3 aromatic rings. The van der Waals surface area contributed by atoms with Crippen molar-refractivity contribution in [2.24, 2.45) is 0 Å². The number of hydrogen-bond acceptors (Lipinski definition) is 5. The van der Waals surface area contributed by atoms with Gasteiger partial charge in [0.1, 0.15) is 18.7 Å². The van der Waals surface area contributed by atoms with Gasteiger partial charge in [-0.3, -0.25) is 4.79 Å². The molecule has 0 fully saturated rings. The van der Waals surface area contributed by atoms with Crippen LogP contribution in [0.4, 0.5) is 5.69 Å². The third-order valence-corrected chi connectivity index (χ3v) is 3.70. The van der Waals surface area contributed by atoms with Crippen molar-refractivity contribution >= 4 is 11.6 Å². The number of nitrogens with one attached hydrogen (secondary N) is 1. The molecular weight excluding hydrogens is 318 g/mol. The van der Waals surface area contributed by atoms with Crippen molar-refractivity contribution in [1.82, 2.24) is 19.7 Å². The minimum Gasteiger partial charge on any atom is -0.477 e. The molecule has 0 saturated heterocycles. The van der Waals surface area contributed by atoms with Gasteiger partial charge in [0, 0.05) is 12.5 Å². The van der Waals surface area contributed by atoms with Gasteiger partial charge in [0.25, 0.3) is 0 Å². The van der Waals surface area contributed by atoms with E-state index in [9.17, 15) is 4.79 Å². The predicted octanol–water partition coefficient (Wildman–Crippen LogP) is 2.49. The molecule has 3 rings (SSSR count). The van der Waals surface area contributed by atoms with Gasteiger partial charge < -0.3 is 10.1 Å². The molecule has 7 heteroatoms. The SMILES string of the molecule is C[C@H](C(=O)Nc1ccc(OCCc2ccccc2)nc1)n1cncn1. The Bertz CT molecular complexity index is 788. The standard InChI is InChI=1S/C18H19N5O2/c1-14(23-13-19-12-21-23)18(24)22-16-7-8-17(20-11-16)25-10-9-15-5-3-2-4-6-15/h2-8,11-14H,9-10H2,1H3,(H,22,24)/t14-/m1/s1. The van der Waals surface area contributed by atoms with E-state index >= 15 is 0 Å². The maximum atomic E-state index is 12.2. The molecule has 128 valence electrons. The van der Waals surface area contributed by atoms with Crippen LogP contribution in [0, 0.1) is 0 Å². The first-order chi connectivity index (χ1) is 12.2. The van der Waals surface area contributed by atoms with Crippen LogP contribution < -0.4 is 10.1 Å². The third-order valence-electron chi connectivity index (χ3n) is 3.70. The molecule has 25 heavy (non-hydrogen) atoms. The summed E-state index contributed by atoms with van der Waals surface area (Å²) in [5, 5.41) is 6.75. The van der Waals surface area contributed by atoms with E-state index in [0.29, 0.717) is 18.2 Å². The number of anilines is 1. The zero-order valence-electron chi connectivity index (χ0n) is 13.9. The van der Waals surface area contributed by atoms with E-state index < -0.39 is 6.04 Å². The van der Waals surface area contributed by atoms with E-state index in [1.807, 2.05) is 18.2 Å². The Kier molecular flexibility index (Phi) is 5.36. The Labute approximate surface area is 145 Å². The molecule has 0 aliphatic heterocycles. The molecule has 2 aromatic heterocycles. The Morgan fingerprint density at radius 1 is 1.24 bits per heavy atom. The topological polar surface area (TPSA) is 81.9 Å². The minimum atomic E-state index is -0.454. The summed E-state index contributed by atoms with van der Waals surface area (Å²) in [5.74, 6) is 0.336. The maximum absolute atomic E-state index is 12.2. The highest BCUT2D eigenvalue weighted by Crippen LogP contribution is 2.14. The number of carbonyl (C=O) groups excluding carboxylic acids is 1. The summed E-state index contributed by atoms with van der Waals surface area (Å²) in [6.07, 6.45) is 5.29. The van der Waals surface area contributed by atoms with Crippen LogP contribution in [0.3, 0.4) is 0 Å². The van der Waals surface area contributed by atoms with Crippen LogP contribution in [-0.2, 0) is 11.2 Å². The second kappa shape index (κ2) is 8.05. The number of amides is 1. The number of benzene rings is 1. The number of rotatable bonds is 7. The Morgan fingerprint density at radius 3 is 2.76 bits per heavy atom. The van der Waals surface area contributed by atoms with Gasteiger partial charge in [-0.2, -0.15) is 5.10 Å². The Hall–Kier alpha value is -3.22. The Morgan fingerprint density at radius 2 is 2.08 bits per heavy atom. The molecule has 0 unspecified atom stereocenters. The molecule has 1 N–H and O–H groups in total. The summed E-state index contributed by atoms with van der Waals surface area (Å²) in [6, 6.07) is 13.2. The quantitative estimate of drug-likeness (QED) is 0.716. The van der Waals surface area contributed by atoms with Crippen LogP contribution in [0.2, 0.25) is 0 Å². The van der Waals surface area contributed by atoms with Crippen LogP contribution in [0.5, 0.6) is 5.88 Å². The van der Waals surface area contributed by atoms with Gasteiger partial charge >= 0.3 is 0 Å². The molecule has 1 aromatic carbocycles. The Balaban J connectivity index is 1.49. The van der Waals surface area contributed by atoms with E-state index in [4.69, 9.17) is 4.74 Å². The number of aromatic nitrogens is 4. The van der Waals surface area contributed by atoms with Gasteiger partial charge in [-0.1, -0.05) is 30.3 Å². The van der Waals surface area contributed by atoms with Crippen LogP contribution in [0.15, 0.2) is 61.3 Å². The van der Waals surface area contributed by atoms with Gasteiger partial charge in [0.05, 0.1) is 18.5 Å². The number of pyridine rings is 1. The van der Waals surface area contributed by atoms with Crippen molar-refractivity contribution < 1.29 is 9.53 Å². The smallest absolute Gasteiger partial charge is 0.249 e. The van der Waals surface area contributed by atoms with Crippen molar-refractivity contribution in [3.05, 3.63) is 66.9 Å². The van der Waals surface area contributed by atoms with Crippen LogP contribution in [-0.4, -0.2) is 32.3 Å². The van der Waals surface area contributed by atoms with Crippen molar-refractivity contribution in [2.45, 2.75) is 19.4 Å². The van der Waals surface area contributed by atoms with Crippen molar-refractivity contribution in [3.63, 3.8) is 0 Å². The van der Waals surface area contributed by atoms with Gasteiger partial charge in [0.15, 0.2) is 0 Å². The van der Waals surface area contributed by atoms with Crippen LogP contribution in [0.1, 0.15) is 18.5 Å². The highest BCUT2D eigenvalue weighted by atomic mass is 16.5. The summed E-state index contributed by atoms with van der Waals surface area (Å²) in [7, 11) is 0. The molecular formula is C18H19N5O2. The fraction of sp³-hybridized carbons (Fsp3) is 0.222. The zero-order chi connectivity index (χ0) is 17.5. The largest absolute Gasteiger partial charge is 0.477 e. The molecule has 1 atom stereocenters. The second-order valence-electron chi connectivity index (χ2n) is 5.51. The molecule has 1 amide bonds. The summed E-state index contributed by atoms with van der Waals surface area (Å²) in [5.41, 5.74) is 1.82. The normalized spacial score (nSPS) is 11.7.